The zero-order chi connectivity index (χ0) is 20.3. The predicted molar refractivity (Wildman–Crippen MR) is 108 cm³/mol. The highest BCUT2D eigenvalue weighted by Crippen LogP contribution is 2.22. The summed E-state index contributed by atoms with van der Waals surface area (Å²) < 4.78 is 34.6. The minimum atomic E-state index is -3.52. The molecule has 2 saturated heterocycles. The van der Waals surface area contributed by atoms with Crippen molar-refractivity contribution in [3.8, 4) is 0 Å². The number of morpholine rings is 1. The van der Waals surface area contributed by atoms with Crippen molar-refractivity contribution in [1.82, 2.24) is 13.5 Å². The van der Waals surface area contributed by atoms with Gasteiger partial charge in [0.1, 0.15) is 0 Å². The number of piperazine rings is 1. The molecule has 1 aromatic carbocycles. The summed E-state index contributed by atoms with van der Waals surface area (Å²) >= 11 is 0. The number of benzene rings is 1. The van der Waals surface area contributed by atoms with Gasteiger partial charge in [-0.3, -0.25) is 4.79 Å². The third-order valence-electron chi connectivity index (χ3n) is 5.48. The zero-order valence-corrected chi connectivity index (χ0v) is 17.8. The first kappa shape index (κ1) is 21.2. The maximum absolute atomic E-state index is 13.0. The summed E-state index contributed by atoms with van der Waals surface area (Å²) in [7, 11) is -3.52. The van der Waals surface area contributed by atoms with Crippen molar-refractivity contribution in [3.05, 3.63) is 35.9 Å². The number of carbonyl (C=O) groups excluding carboxylic acids is 1. The molecule has 7 nitrogen and oxygen atoms in total. The molecule has 0 radical (unpaired) electrons. The van der Waals surface area contributed by atoms with Crippen LogP contribution in [0.1, 0.15) is 38.7 Å². The lowest BCUT2D eigenvalue weighted by Gasteiger charge is -2.40. The smallest absolute Gasteiger partial charge is 0.282 e. The lowest BCUT2D eigenvalue weighted by Crippen LogP contribution is -2.57. The summed E-state index contributed by atoms with van der Waals surface area (Å²) in [5.41, 5.74) is 1.15. The topological polar surface area (TPSA) is 70.2 Å². The number of ether oxygens (including phenoxy) is 1. The van der Waals surface area contributed by atoms with E-state index in [1.807, 2.05) is 44.2 Å². The van der Waals surface area contributed by atoms with Crippen molar-refractivity contribution in [3.63, 3.8) is 0 Å². The Morgan fingerprint density at radius 3 is 2.18 bits per heavy atom. The van der Waals surface area contributed by atoms with E-state index in [2.05, 4.69) is 6.92 Å². The number of carbonyl (C=O) groups is 1. The van der Waals surface area contributed by atoms with E-state index in [1.54, 1.807) is 4.90 Å². The van der Waals surface area contributed by atoms with Crippen LogP contribution in [0, 0.1) is 0 Å². The molecular formula is C20H31N3O4S. The van der Waals surface area contributed by atoms with Crippen molar-refractivity contribution in [2.24, 2.45) is 0 Å². The lowest BCUT2D eigenvalue weighted by molar-refractivity contribution is -0.132. The molecule has 3 rings (SSSR count). The second kappa shape index (κ2) is 8.90. The monoisotopic (exact) mass is 409 g/mol. The standard InChI is InChI=1S/C20H31N3O4S/c1-16(19-7-5-4-6-8-19)13-20(24)21-9-11-22(12-10-21)28(25,26)23-14-17(2)27-18(3)15-23/h4-8,16-18H,9-15H2,1-3H3/t16-,17+,18+/m0/s1. The molecule has 28 heavy (non-hydrogen) atoms. The van der Waals surface area contributed by atoms with Crippen LogP contribution in [0.15, 0.2) is 30.3 Å². The van der Waals surface area contributed by atoms with E-state index < -0.39 is 10.2 Å². The maximum atomic E-state index is 13.0. The lowest BCUT2D eigenvalue weighted by atomic mass is 9.97. The van der Waals surface area contributed by atoms with Gasteiger partial charge in [-0.25, -0.2) is 0 Å². The number of amides is 1. The highest BCUT2D eigenvalue weighted by atomic mass is 32.2. The fourth-order valence-electron chi connectivity index (χ4n) is 3.94. The molecule has 1 amide bonds. The third-order valence-corrected chi connectivity index (χ3v) is 7.45. The highest BCUT2D eigenvalue weighted by molar-refractivity contribution is 7.86. The average molecular weight is 410 g/mol. The fourth-order valence-corrected chi connectivity index (χ4v) is 5.69. The SMILES string of the molecule is C[C@@H]1CN(S(=O)(=O)N2CCN(C(=O)C[C@H](C)c3ccccc3)CC2)C[C@@H](C)O1. The molecule has 8 heteroatoms. The van der Waals surface area contributed by atoms with Gasteiger partial charge in [0.15, 0.2) is 0 Å². The molecule has 0 aliphatic carbocycles. The number of hydrogen-bond acceptors (Lipinski definition) is 4. The van der Waals surface area contributed by atoms with Gasteiger partial charge in [0.2, 0.25) is 5.91 Å². The average Bonchev–Trinajstić information content (AvgIpc) is 2.68. The van der Waals surface area contributed by atoms with Crippen LogP contribution in [0.4, 0.5) is 0 Å². The summed E-state index contributed by atoms with van der Waals surface area (Å²) in [6, 6.07) is 9.99. The van der Waals surface area contributed by atoms with Crippen LogP contribution in [0.5, 0.6) is 0 Å². The highest BCUT2D eigenvalue weighted by Gasteiger charge is 2.37. The first-order chi connectivity index (χ1) is 13.3. The van der Waals surface area contributed by atoms with Crippen molar-refractivity contribution in [1.29, 1.82) is 0 Å². The molecule has 0 spiro atoms. The molecule has 2 aliphatic rings. The first-order valence-electron chi connectivity index (χ1n) is 10.0. The minimum absolute atomic E-state index is 0.0852. The molecule has 156 valence electrons. The molecule has 2 fully saturated rings. The molecule has 0 unspecified atom stereocenters. The predicted octanol–water partition coefficient (Wildman–Crippen LogP) is 1.68. The van der Waals surface area contributed by atoms with E-state index in [-0.39, 0.29) is 24.0 Å². The molecule has 1 aromatic rings. The van der Waals surface area contributed by atoms with E-state index in [0.29, 0.717) is 45.7 Å². The number of nitrogens with zero attached hydrogens (tertiary/aromatic N) is 3. The Balaban J connectivity index is 1.54. The van der Waals surface area contributed by atoms with E-state index in [0.717, 1.165) is 5.56 Å². The van der Waals surface area contributed by atoms with Crippen molar-refractivity contribution in [2.75, 3.05) is 39.3 Å². The molecule has 2 aliphatic heterocycles. The van der Waals surface area contributed by atoms with Crippen molar-refractivity contribution >= 4 is 16.1 Å². The normalized spacial score (nSPS) is 26.2. The Bertz CT molecular complexity index is 753. The summed E-state index contributed by atoms with van der Waals surface area (Å²) in [5, 5.41) is 0. The Morgan fingerprint density at radius 2 is 1.61 bits per heavy atom. The second-order valence-electron chi connectivity index (χ2n) is 7.88. The molecule has 0 saturated carbocycles. The molecule has 0 aromatic heterocycles. The Morgan fingerprint density at radius 1 is 1.04 bits per heavy atom. The van der Waals surface area contributed by atoms with Gasteiger partial charge in [0, 0.05) is 45.7 Å². The van der Waals surface area contributed by atoms with Crippen LogP contribution < -0.4 is 0 Å². The van der Waals surface area contributed by atoms with Crippen molar-refractivity contribution in [2.45, 2.75) is 45.3 Å². The molecule has 3 atom stereocenters. The van der Waals surface area contributed by atoms with Crippen LogP contribution in [-0.2, 0) is 19.7 Å². The van der Waals surface area contributed by atoms with Gasteiger partial charge in [0.05, 0.1) is 12.2 Å². The third kappa shape index (κ3) is 4.92. The van der Waals surface area contributed by atoms with Gasteiger partial charge in [-0.2, -0.15) is 17.0 Å². The Hall–Kier alpha value is -1.48. The van der Waals surface area contributed by atoms with Crippen LogP contribution >= 0.6 is 0 Å². The maximum Gasteiger partial charge on any atom is 0.282 e. The zero-order valence-electron chi connectivity index (χ0n) is 17.0. The largest absolute Gasteiger partial charge is 0.373 e. The van der Waals surface area contributed by atoms with Gasteiger partial charge in [-0.15, -0.1) is 0 Å². The summed E-state index contributed by atoms with van der Waals surface area (Å²) in [4.78, 5) is 14.4. The summed E-state index contributed by atoms with van der Waals surface area (Å²) in [6.45, 7) is 8.15. The Kier molecular flexibility index (Phi) is 6.75. The van der Waals surface area contributed by atoms with Crippen LogP contribution in [0.2, 0.25) is 0 Å². The fraction of sp³-hybridized carbons (Fsp3) is 0.650. The summed E-state index contributed by atoms with van der Waals surface area (Å²) in [6.07, 6.45) is 0.219. The number of hydrogen-bond donors (Lipinski definition) is 0. The van der Waals surface area contributed by atoms with E-state index in [9.17, 15) is 13.2 Å². The molecule has 0 N–H and O–H groups in total. The molecule has 2 heterocycles. The summed E-state index contributed by atoms with van der Waals surface area (Å²) in [5.74, 6) is 0.230. The van der Waals surface area contributed by atoms with Gasteiger partial charge < -0.3 is 9.64 Å². The van der Waals surface area contributed by atoms with E-state index in [4.69, 9.17) is 4.74 Å². The van der Waals surface area contributed by atoms with Gasteiger partial charge >= 0.3 is 0 Å². The quantitative estimate of drug-likeness (QED) is 0.742. The van der Waals surface area contributed by atoms with Gasteiger partial charge in [0.25, 0.3) is 10.2 Å². The first-order valence-corrected chi connectivity index (χ1v) is 11.4. The van der Waals surface area contributed by atoms with E-state index in [1.165, 1.54) is 8.61 Å². The van der Waals surface area contributed by atoms with Crippen LogP contribution in [0.25, 0.3) is 0 Å². The van der Waals surface area contributed by atoms with Gasteiger partial charge in [-0.05, 0) is 25.3 Å². The number of rotatable bonds is 5. The molecular weight excluding hydrogens is 378 g/mol. The molecule has 0 bridgehead atoms. The van der Waals surface area contributed by atoms with Crippen molar-refractivity contribution < 1.29 is 17.9 Å². The van der Waals surface area contributed by atoms with Crippen LogP contribution in [0.3, 0.4) is 0 Å². The minimum Gasteiger partial charge on any atom is -0.373 e. The van der Waals surface area contributed by atoms with Crippen LogP contribution in [-0.4, -0.2) is 79.3 Å². The second-order valence-corrected chi connectivity index (χ2v) is 9.81. The van der Waals surface area contributed by atoms with E-state index >= 15 is 0 Å². The van der Waals surface area contributed by atoms with Gasteiger partial charge in [-0.1, -0.05) is 37.3 Å². The Labute approximate surface area is 168 Å².